The minimum atomic E-state index is -0.395. The second kappa shape index (κ2) is 5.11. The van der Waals surface area contributed by atoms with Crippen molar-refractivity contribution in [1.82, 2.24) is 0 Å². The Morgan fingerprint density at radius 1 is 1.29 bits per heavy atom. The van der Waals surface area contributed by atoms with Gasteiger partial charge in [-0.1, -0.05) is 45.7 Å². The number of rotatable bonds is 3. The molecule has 1 aromatic heterocycles. The summed E-state index contributed by atoms with van der Waals surface area (Å²) in [5, 5.41) is 0. The number of hydrogen-bond acceptors (Lipinski definition) is 2. The highest BCUT2D eigenvalue weighted by atomic mass is 79.9. The van der Waals surface area contributed by atoms with E-state index >= 15 is 0 Å². The lowest BCUT2D eigenvalue weighted by Crippen LogP contribution is -2.35. The highest BCUT2D eigenvalue weighted by Gasteiger charge is 2.24. The summed E-state index contributed by atoms with van der Waals surface area (Å²) in [6.07, 6.45) is 0.785. The topological polar surface area (TPSA) is 26.0 Å². The maximum atomic E-state index is 6.41. The van der Waals surface area contributed by atoms with E-state index in [0.29, 0.717) is 0 Å². The van der Waals surface area contributed by atoms with Crippen LogP contribution in [0.3, 0.4) is 0 Å². The van der Waals surface area contributed by atoms with Crippen LogP contribution in [-0.4, -0.2) is 0 Å². The molecule has 0 aliphatic carbocycles. The molecule has 0 bridgehead atoms. The van der Waals surface area contributed by atoms with Gasteiger partial charge in [0.1, 0.15) is 0 Å². The second-order valence-corrected chi connectivity index (χ2v) is 6.93. The summed E-state index contributed by atoms with van der Waals surface area (Å²) < 4.78 is 1.86. The van der Waals surface area contributed by atoms with Gasteiger partial charge in [-0.2, -0.15) is 0 Å². The third kappa shape index (κ3) is 3.10. The third-order valence-corrected chi connectivity index (χ3v) is 4.58. The first-order valence-corrected chi connectivity index (χ1v) is 7.26. The molecule has 17 heavy (non-hydrogen) atoms. The predicted octanol–water partition coefficient (Wildman–Crippen LogP) is 4.58. The van der Waals surface area contributed by atoms with Crippen molar-refractivity contribution in [2.45, 2.75) is 18.9 Å². The minimum absolute atomic E-state index is 0.395. The number of thiophene rings is 1. The SMILES string of the molecule is CC(N)(Cc1ccc(Cl)s1)c1ccccc1Br. The molecule has 0 radical (unpaired) electrons. The first-order valence-electron chi connectivity index (χ1n) is 5.27. The smallest absolute Gasteiger partial charge is 0.0931 e. The number of benzene rings is 1. The Balaban J connectivity index is 2.27. The van der Waals surface area contributed by atoms with Gasteiger partial charge in [0, 0.05) is 21.3 Å². The molecule has 1 aromatic carbocycles. The van der Waals surface area contributed by atoms with Crippen molar-refractivity contribution < 1.29 is 0 Å². The summed E-state index contributed by atoms with van der Waals surface area (Å²) in [5.74, 6) is 0. The van der Waals surface area contributed by atoms with E-state index in [-0.39, 0.29) is 0 Å². The minimum Gasteiger partial charge on any atom is -0.321 e. The van der Waals surface area contributed by atoms with Crippen molar-refractivity contribution in [1.29, 1.82) is 0 Å². The maximum Gasteiger partial charge on any atom is 0.0931 e. The molecule has 2 N–H and O–H groups in total. The lowest BCUT2D eigenvalue weighted by atomic mass is 9.89. The lowest BCUT2D eigenvalue weighted by Gasteiger charge is -2.25. The molecular weight excluding hydrogens is 318 g/mol. The monoisotopic (exact) mass is 329 g/mol. The van der Waals surface area contributed by atoms with Crippen LogP contribution in [0.4, 0.5) is 0 Å². The molecule has 4 heteroatoms. The fourth-order valence-corrected chi connectivity index (χ4v) is 3.82. The Morgan fingerprint density at radius 2 is 2.00 bits per heavy atom. The van der Waals surface area contributed by atoms with Gasteiger partial charge in [-0.25, -0.2) is 0 Å². The first-order chi connectivity index (χ1) is 7.99. The molecule has 0 spiro atoms. The average Bonchev–Trinajstić information content (AvgIpc) is 2.63. The lowest BCUT2D eigenvalue weighted by molar-refractivity contribution is 0.493. The fraction of sp³-hybridized carbons (Fsp3) is 0.231. The van der Waals surface area contributed by atoms with Gasteiger partial charge in [0.05, 0.1) is 4.34 Å². The standard InChI is InChI=1S/C13H13BrClNS/c1-13(16,8-9-6-7-12(15)17-9)10-4-2-3-5-11(10)14/h2-7H,8,16H2,1H3. The molecule has 0 fully saturated rings. The predicted molar refractivity (Wildman–Crippen MR) is 78.7 cm³/mol. The Labute approximate surface area is 119 Å². The van der Waals surface area contributed by atoms with Gasteiger partial charge in [-0.3, -0.25) is 0 Å². The van der Waals surface area contributed by atoms with Crippen molar-refractivity contribution in [3.8, 4) is 0 Å². The van der Waals surface area contributed by atoms with E-state index in [4.69, 9.17) is 17.3 Å². The third-order valence-electron chi connectivity index (χ3n) is 2.66. The second-order valence-electron chi connectivity index (χ2n) is 4.28. The summed E-state index contributed by atoms with van der Waals surface area (Å²) >= 11 is 11.1. The van der Waals surface area contributed by atoms with Gasteiger partial charge in [-0.05, 0) is 30.7 Å². The highest BCUT2D eigenvalue weighted by molar-refractivity contribution is 9.10. The summed E-state index contributed by atoms with van der Waals surface area (Å²) in [6, 6.07) is 12.0. The van der Waals surface area contributed by atoms with Crippen LogP contribution in [0.1, 0.15) is 17.4 Å². The Morgan fingerprint density at radius 3 is 2.59 bits per heavy atom. The molecule has 1 atom stereocenters. The van der Waals surface area contributed by atoms with Crippen LogP contribution in [0.2, 0.25) is 4.34 Å². The average molecular weight is 331 g/mol. The molecule has 0 amide bonds. The van der Waals surface area contributed by atoms with Crippen LogP contribution in [0, 0.1) is 0 Å². The van der Waals surface area contributed by atoms with Crippen LogP contribution in [0.25, 0.3) is 0 Å². The maximum absolute atomic E-state index is 6.41. The van der Waals surface area contributed by atoms with E-state index in [1.54, 1.807) is 11.3 Å². The van der Waals surface area contributed by atoms with Crippen molar-refractivity contribution in [3.05, 3.63) is 55.6 Å². The molecular formula is C13H13BrClNS. The quantitative estimate of drug-likeness (QED) is 0.876. The van der Waals surface area contributed by atoms with E-state index < -0.39 is 5.54 Å². The van der Waals surface area contributed by atoms with Gasteiger partial charge in [-0.15, -0.1) is 11.3 Å². The first kappa shape index (κ1) is 13.1. The Bertz CT molecular complexity index is 522. The van der Waals surface area contributed by atoms with E-state index in [0.717, 1.165) is 20.8 Å². The number of halogens is 2. The molecule has 0 saturated heterocycles. The van der Waals surface area contributed by atoms with Crippen LogP contribution >= 0.6 is 38.9 Å². The van der Waals surface area contributed by atoms with Crippen LogP contribution in [-0.2, 0) is 12.0 Å². The van der Waals surface area contributed by atoms with Crippen molar-refractivity contribution in [2.75, 3.05) is 0 Å². The number of nitrogens with two attached hydrogens (primary N) is 1. The van der Waals surface area contributed by atoms with E-state index in [1.165, 1.54) is 4.88 Å². The highest BCUT2D eigenvalue weighted by Crippen LogP contribution is 2.32. The van der Waals surface area contributed by atoms with Gasteiger partial charge in [0.2, 0.25) is 0 Å². The Kier molecular flexibility index (Phi) is 3.93. The molecule has 90 valence electrons. The summed E-state index contributed by atoms with van der Waals surface area (Å²) in [4.78, 5) is 1.20. The van der Waals surface area contributed by atoms with E-state index in [9.17, 15) is 0 Å². The van der Waals surface area contributed by atoms with Crippen LogP contribution in [0.15, 0.2) is 40.9 Å². The van der Waals surface area contributed by atoms with Crippen molar-refractivity contribution in [3.63, 3.8) is 0 Å². The molecule has 2 rings (SSSR count). The summed E-state index contributed by atoms with van der Waals surface area (Å²) in [7, 11) is 0. The zero-order chi connectivity index (χ0) is 12.5. The van der Waals surface area contributed by atoms with Gasteiger partial charge in [0.25, 0.3) is 0 Å². The molecule has 1 nitrogen and oxygen atoms in total. The number of hydrogen-bond donors (Lipinski definition) is 1. The van der Waals surface area contributed by atoms with Crippen molar-refractivity contribution in [2.24, 2.45) is 5.73 Å². The van der Waals surface area contributed by atoms with Gasteiger partial charge < -0.3 is 5.73 Å². The molecule has 0 saturated carbocycles. The largest absolute Gasteiger partial charge is 0.321 e. The van der Waals surface area contributed by atoms with Crippen LogP contribution < -0.4 is 5.73 Å². The molecule has 1 heterocycles. The normalized spacial score (nSPS) is 14.6. The van der Waals surface area contributed by atoms with Gasteiger partial charge in [0.15, 0.2) is 0 Å². The summed E-state index contributed by atoms with van der Waals surface area (Å²) in [5.41, 5.74) is 7.13. The molecule has 2 aromatic rings. The molecule has 1 unspecified atom stereocenters. The fourth-order valence-electron chi connectivity index (χ4n) is 1.83. The zero-order valence-corrected chi connectivity index (χ0v) is 12.6. The van der Waals surface area contributed by atoms with Gasteiger partial charge >= 0.3 is 0 Å². The van der Waals surface area contributed by atoms with E-state index in [1.807, 2.05) is 37.3 Å². The molecule has 0 aliphatic rings. The van der Waals surface area contributed by atoms with Crippen molar-refractivity contribution >= 4 is 38.9 Å². The Hall–Kier alpha value is -0.350. The zero-order valence-electron chi connectivity index (χ0n) is 9.41. The van der Waals surface area contributed by atoms with Crippen LogP contribution in [0.5, 0.6) is 0 Å². The van der Waals surface area contributed by atoms with E-state index in [2.05, 4.69) is 22.0 Å². The molecule has 0 aliphatic heterocycles. The summed E-state index contributed by atoms with van der Waals surface area (Å²) in [6.45, 7) is 2.04.